The fraction of sp³-hybridized carbons (Fsp3) is 0.381. The van der Waals surface area contributed by atoms with Crippen molar-refractivity contribution in [3.63, 3.8) is 0 Å². The van der Waals surface area contributed by atoms with Crippen LogP contribution in [0.3, 0.4) is 0 Å². The average Bonchev–Trinajstić information content (AvgIpc) is 3.03. The highest BCUT2D eigenvalue weighted by atomic mass is 32.1. The third kappa shape index (κ3) is 3.67. The van der Waals surface area contributed by atoms with Crippen LogP contribution in [0.5, 0.6) is 0 Å². The van der Waals surface area contributed by atoms with Gasteiger partial charge in [-0.2, -0.15) is 0 Å². The van der Waals surface area contributed by atoms with Gasteiger partial charge in [0.15, 0.2) is 0 Å². The molecule has 1 aliphatic rings. The Balaban J connectivity index is 1.65. The zero-order chi connectivity index (χ0) is 18.8. The van der Waals surface area contributed by atoms with Crippen LogP contribution in [0.15, 0.2) is 30.3 Å². The van der Waals surface area contributed by atoms with Crippen LogP contribution in [-0.2, 0) is 6.54 Å². The first-order chi connectivity index (χ1) is 13.1. The molecule has 4 rings (SSSR count). The molecule has 1 fully saturated rings. The number of fused-ring (bicyclic) bond motifs is 1. The van der Waals surface area contributed by atoms with Crippen LogP contribution < -0.4 is 10.2 Å². The van der Waals surface area contributed by atoms with Gasteiger partial charge in [-0.3, -0.25) is 4.79 Å². The van der Waals surface area contributed by atoms with Crippen LogP contribution in [0.4, 0.5) is 5.82 Å². The Morgan fingerprint density at radius 1 is 1.11 bits per heavy atom. The Morgan fingerprint density at radius 3 is 2.59 bits per heavy atom. The van der Waals surface area contributed by atoms with Crippen molar-refractivity contribution in [2.75, 3.05) is 18.0 Å². The molecular formula is C21H24N4OS. The van der Waals surface area contributed by atoms with E-state index in [1.165, 1.54) is 30.6 Å². The van der Waals surface area contributed by atoms with Gasteiger partial charge in [-0.25, -0.2) is 9.97 Å². The second-order valence-corrected chi connectivity index (χ2v) is 8.05. The summed E-state index contributed by atoms with van der Waals surface area (Å²) in [6, 6.07) is 9.97. The molecule has 2 aromatic heterocycles. The van der Waals surface area contributed by atoms with Crippen LogP contribution in [0, 0.1) is 13.8 Å². The van der Waals surface area contributed by atoms with Crippen LogP contribution in [0.1, 0.15) is 45.9 Å². The molecule has 0 atom stereocenters. The lowest BCUT2D eigenvalue weighted by atomic mass is 10.1. The van der Waals surface area contributed by atoms with E-state index in [2.05, 4.69) is 15.2 Å². The van der Waals surface area contributed by atoms with Crippen molar-refractivity contribution in [2.24, 2.45) is 0 Å². The molecule has 3 aromatic rings. The zero-order valence-electron chi connectivity index (χ0n) is 15.8. The summed E-state index contributed by atoms with van der Waals surface area (Å²) < 4.78 is 0. The molecule has 140 valence electrons. The quantitative estimate of drug-likeness (QED) is 0.736. The van der Waals surface area contributed by atoms with E-state index in [0.717, 1.165) is 51.0 Å². The van der Waals surface area contributed by atoms with E-state index >= 15 is 0 Å². The SMILES string of the molecule is Cc1nc(N2CCCCC2)c2c(C)c(C(=O)NCc3ccccc3)sc2n1. The number of benzene rings is 1. The van der Waals surface area contributed by atoms with E-state index in [0.29, 0.717) is 6.54 Å². The lowest BCUT2D eigenvalue weighted by molar-refractivity contribution is 0.0954. The number of hydrogen-bond acceptors (Lipinski definition) is 5. The third-order valence-electron chi connectivity index (χ3n) is 5.04. The number of nitrogens with one attached hydrogen (secondary N) is 1. The van der Waals surface area contributed by atoms with Gasteiger partial charge >= 0.3 is 0 Å². The van der Waals surface area contributed by atoms with E-state index in [9.17, 15) is 4.79 Å². The van der Waals surface area contributed by atoms with Gasteiger partial charge in [0.2, 0.25) is 0 Å². The minimum absolute atomic E-state index is 0.0402. The Labute approximate surface area is 163 Å². The van der Waals surface area contributed by atoms with Gasteiger partial charge in [-0.1, -0.05) is 30.3 Å². The highest BCUT2D eigenvalue weighted by Gasteiger charge is 2.23. The van der Waals surface area contributed by atoms with Gasteiger partial charge in [0.25, 0.3) is 5.91 Å². The second kappa shape index (κ2) is 7.64. The average molecular weight is 381 g/mol. The van der Waals surface area contributed by atoms with Crippen molar-refractivity contribution in [3.05, 3.63) is 52.2 Å². The van der Waals surface area contributed by atoms with Crippen molar-refractivity contribution in [1.29, 1.82) is 0 Å². The lowest BCUT2D eigenvalue weighted by Gasteiger charge is -2.28. The monoisotopic (exact) mass is 380 g/mol. The van der Waals surface area contributed by atoms with E-state index in [1.807, 2.05) is 44.2 Å². The molecule has 3 heterocycles. The van der Waals surface area contributed by atoms with E-state index in [-0.39, 0.29) is 5.91 Å². The molecule has 1 amide bonds. The molecule has 1 aliphatic heterocycles. The van der Waals surface area contributed by atoms with Crippen molar-refractivity contribution in [2.45, 2.75) is 39.7 Å². The van der Waals surface area contributed by atoms with Crippen LogP contribution in [-0.4, -0.2) is 29.0 Å². The summed E-state index contributed by atoms with van der Waals surface area (Å²) in [7, 11) is 0. The molecule has 0 bridgehead atoms. The summed E-state index contributed by atoms with van der Waals surface area (Å²) in [5, 5.41) is 4.08. The van der Waals surface area contributed by atoms with Gasteiger partial charge in [0.1, 0.15) is 16.5 Å². The maximum atomic E-state index is 12.8. The molecule has 0 aliphatic carbocycles. The molecule has 6 heteroatoms. The number of carbonyl (C=O) groups is 1. The molecule has 1 saturated heterocycles. The summed E-state index contributed by atoms with van der Waals surface area (Å²) in [6.45, 7) is 6.52. The topological polar surface area (TPSA) is 58.1 Å². The third-order valence-corrected chi connectivity index (χ3v) is 6.23. The lowest BCUT2D eigenvalue weighted by Crippen LogP contribution is -2.30. The number of amides is 1. The Bertz CT molecular complexity index is 961. The van der Waals surface area contributed by atoms with Crippen LogP contribution >= 0.6 is 11.3 Å². The molecule has 1 aromatic carbocycles. The van der Waals surface area contributed by atoms with Crippen molar-refractivity contribution in [3.8, 4) is 0 Å². The summed E-state index contributed by atoms with van der Waals surface area (Å²) in [4.78, 5) is 26.2. The zero-order valence-corrected chi connectivity index (χ0v) is 16.6. The Kier molecular flexibility index (Phi) is 5.07. The second-order valence-electron chi connectivity index (χ2n) is 7.05. The van der Waals surface area contributed by atoms with Gasteiger partial charge in [-0.05, 0) is 44.2 Å². The normalized spacial score (nSPS) is 14.5. The van der Waals surface area contributed by atoms with Gasteiger partial charge in [-0.15, -0.1) is 11.3 Å². The molecule has 27 heavy (non-hydrogen) atoms. The smallest absolute Gasteiger partial charge is 0.261 e. The number of carbonyl (C=O) groups excluding carboxylic acids is 1. The molecule has 0 saturated carbocycles. The van der Waals surface area contributed by atoms with Crippen molar-refractivity contribution < 1.29 is 4.79 Å². The molecule has 5 nitrogen and oxygen atoms in total. The molecule has 0 radical (unpaired) electrons. The van der Waals surface area contributed by atoms with E-state index in [4.69, 9.17) is 4.98 Å². The predicted octanol–water partition coefficient (Wildman–Crippen LogP) is 4.23. The first-order valence-electron chi connectivity index (χ1n) is 9.48. The van der Waals surface area contributed by atoms with Gasteiger partial charge < -0.3 is 10.2 Å². The van der Waals surface area contributed by atoms with Crippen LogP contribution in [0.25, 0.3) is 10.2 Å². The van der Waals surface area contributed by atoms with Crippen molar-refractivity contribution >= 4 is 33.3 Å². The Hall–Kier alpha value is -2.47. The number of piperidine rings is 1. The fourth-order valence-electron chi connectivity index (χ4n) is 3.63. The standard InChI is InChI=1S/C21H24N4OS/c1-14-17-19(25-11-7-4-8-12-25)23-15(2)24-21(17)27-18(14)20(26)22-13-16-9-5-3-6-10-16/h3,5-6,9-10H,4,7-8,11-13H2,1-2H3,(H,22,26). The van der Waals surface area contributed by atoms with Gasteiger partial charge in [0, 0.05) is 19.6 Å². The number of aryl methyl sites for hydroxylation is 2. The van der Waals surface area contributed by atoms with E-state index in [1.54, 1.807) is 0 Å². The minimum Gasteiger partial charge on any atom is -0.356 e. The summed E-state index contributed by atoms with van der Waals surface area (Å²) in [5.74, 6) is 1.72. The van der Waals surface area contributed by atoms with Gasteiger partial charge in [0.05, 0.1) is 10.3 Å². The summed E-state index contributed by atoms with van der Waals surface area (Å²) in [5.41, 5.74) is 2.08. The number of anilines is 1. The molecule has 0 spiro atoms. The number of hydrogen-bond donors (Lipinski definition) is 1. The summed E-state index contributed by atoms with van der Waals surface area (Å²) >= 11 is 1.47. The highest BCUT2D eigenvalue weighted by Crippen LogP contribution is 2.36. The number of nitrogens with zero attached hydrogens (tertiary/aromatic N) is 3. The molecular weight excluding hydrogens is 356 g/mol. The first kappa shape index (κ1) is 17.9. The summed E-state index contributed by atoms with van der Waals surface area (Å²) in [6.07, 6.45) is 3.66. The fourth-order valence-corrected chi connectivity index (χ4v) is 4.77. The predicted molar refractivity (Wildman–Crippen MR) is 111 cm³/mol. The highest BCUT2D eigenvalue weighted by molar-refractivity contribution is 7.20. The Morgan fingerprint density at radius 2 is 1.85 bits per heavy atom. The van der Waals surface area contributed by atoms with E-state index < -0.39 is 0 Å². The van der Waals surface area contributed by atoms with Crippen LogP contribution in [0.2, 0.25) is 0 Å². The van der Waals surface area contributed by atoms with Crippen molar-refractivity contribution in [1.82, 2.24) is 15.3 Å². The number of rotatable bonds is 4. The minimum atomic E-state index is -0.0402. The number of aromatic nitrogens is 2. The number of thiophene rings is 1. The largest absolute Gasteiger partial charge is 0.356 e. The maximum Gasteiger partial charge on any atom is 0.261 e. The molecule has 0 unspecified atom stereocenters. The first-order valence-corrected chi connectivity index (χ1v) is 10.3. The molecule has 1 N–H and O–H groups in total. The maximum absolute atomic E-state index is 12.8.